The highest BCUT2D eigenvalue weighted by molar-refractivity contribution is 7.96. The summed E-state index contributed by atoms with van der Waals surface area (Å²) in [5.74, 6) is 0.649. The van der Waals surface area contributed by atoms with Crippen LogP contribution in [-0.4, -0.2) is 45.5 Å². The summed E-state index contributed by atoms with van der Waals surface area (Å²) in [6, 6.07) is 8.01. The molecule has 2 aromatic rings. The molecule has 1 aliphatic carbocycles. The Morgan fingerprint density at radius 1 is 1.17 bits per heavy atom. The second-order valence-electron chi connectivity index (χ2n) is 9.80. The van der Waals surface area contributed by atoms with Crippen molar-refractivity contribution < 1.29 is 17.9 Å². The highest BCUT2D eigenvalue weighted by atomic mass is 35.5. The van der Waals surface area contributed by atoms with E-state index in [1.54, 1.807) is 30.4 Å². The van der Waals surface area contributed by atoms with Gasteiger partial charge in [-0.25, -0.2) is 13.4 Å². The lowest BCUT2D eigenvalue weighted by Gasteiger charge is -2.29. The van der Waals surface area contributed by atoms with Crippen molar-refractivity contribution in [2.24, 2.45) is 11.3 Å². The van der Waals surface area contributed by atoms with Crippen LogP contribution in [0.4, 0.5) is 11.5 Å². The number of halogens is 1. The van der Waals surface area contributed by atoms with Gasteiger partial charge in [0, 0.05) is 35.4 Å². The van der Waals surface area contributed by atoms with Gasteiger partial charge in [0.15, 0.2) is 5.78 Å². The van der Waals surface area contributed by atoms with Gasteiger partial charge >= 0.3 is 0 Å². The molecule has 1 aromatic carbocycles. The van der Waals surface area contributed by atoms with Gasteiger partial charge < -0.3 is 9.64 Å². The molecule has 2 aliphatic rings. The Kier molecular flexibility index (Phi) is 7.35. The van der Waals surface area contributed by atoms with Crippen molar-refractivity contribution >= 4 is 38.9 Å². The molecule has 1 atom stereocenters. The van der Waals surface area contributed by atoms with Gasteiger partial charge in [-0.2, -0.15) is 0 Å². The molecule has 0 bridgehead atoms. The minimum absolute atomic E-state index is 0.0385. The van der Waals surface area contributed by atoms with Crippen molar-refractivity contribution in [1.29, 1.82) is 0 Å². The van der Waals surface area contributed by atoms with Crippen LogP contribution < -0.4 is 9.62 Å². The van der Waals surface area contributed by atoms with Gasteiger partial charge in [0.05, 0.1) is 23.8 Å². The van der Waals surface area contributed by atoms with Crippen LogP contribution in [0.2, 0.25) is 5.02 Å². The Bertz CT molecular complexity index is 1260. The number of rotatable bonds is 6. The Balaban J connectivity index is 1.56. The molecule has 0 spiro atoms. The van der Waals surface area contributed by atoms with Gasteiger partial charge in [-0.1, -0.05) is 44.5 Å². The van der Waals surface area contributed by atoms with Crippen LogP contribution in [0.5, 0.6) is 0 Å². The van der Waals surface area contributed by atoms with Crippen LogP contribution in [0.3, 0.4) is 0 Å². The molecule has 1 saturated heterocycles. The van der Waals surface area contributed by atoms with Crippen molar-refractivity contribution in [3.05, 3.63) is 75.8 Å². The molecule has 0 amide bonds. The Morgan fingerprint density at radius 3 is 2.51 bits per heavy atom. The number of aromatic nitrogens is 1. The minimum atomic E-state index is -3.88. The predicted molar refractivity (Wildman–Crippen MR) is 139 cm³/mol. The average Bonchev–Trinajstić information content (AvgIpc) is 2.85. The molecular formula is C26H30ClN3O4S. The number of morpholine rings is 1. The molecule has 4 rings (SSSR count). The summed E-state index contributed by atoms with van der Waals surface area (Å²) >= 11 is 6.17. The number of hydrogen-bond acceptors (Lipinski definition) is 6. The van der Waals surface area contributed by atoms with E-state index in [4.69, 9.17) is 16.3 Å². The van der Waals surface area contributed by atoms with Crippen LogP contribution in [0.25, 0.3) is 0 Å². The van der Waals surface area contributed by atoms with E-state index in [1.807, 2.05) is 6.08 Å². The van der Waals surface area contributed by atoms with E-state index in [0.29, 0.717) is 30.2 Å². The van der Waals surface area contributed by atoms with E-state index < -0.39 is 10.0 Å². The third-order valence-electron chi connectivity index (χ3n) is 6.30. The molecule has 1 fully saturated rings. The van der Waals surface area contributed by atoms with Crippen molar-refractivity contribution in [2.45, 2.75) is 27.2 Å². The number of allylic oxidation sites excluding steroid dienone is 3. The van der Waals surface area contributed by atoms with E-state index in [9.17, 15) is 13.2 Å². The first-order valence-corrected chi connectivity index (χ1v) is 13.4. The number of pyridine rings is 1. The summed E-state index contributed by atoms with van der Waals surface area (Å²) in [6.07, 6.45) is 7.43. The van der Waals surface area contributed by atoms with E-state index in [-0.39, 0.29) is 33.3 Å². The zero-order chi connectivity index (χ0) is 25.2. The second kappa shape index (κ2) is 10.1. The molecular weight excluding hydrogens is 486 g/mol. The summed E-state index contributed by atoms with van der Waals surface area (Å²) < 4.78 is 34.2. The molecule has 1 unspecified atom stereocenters. The summed E-state index contributed by atoms with van der Waals surface area (Å²) in [7, 11) is -3.88. The lowest BCUT2D eigenvalue weighted by atomic mass is 9.77. The normalized spacial score (nSPS) is 18.8. The first-order valence-electron chi connectivity index (χ1n) is 11.6. The molecule has 0 radical (unpaired) electrons. The Morgan fingerprint density at radius 2 is 1.91 bits per heavy atom. The van der Waals surface area contributed by atoms with Crippen LogP contribution >= 0.6 is 11.6 Å². The van der Waals surface area contributed by atoms with Gasteiger partial charge in [-0.3, -0.25) is 9.52 Å². The third-order valence-corrected chi connectivity index (χ3v) is 7.95. The third kappa shape index (κ3) is 5.94. The van der Waals surface area contributed by atoms with Crippen molar-refractivity contribution in [3.8, 4) is 0 Å². The molecule has 0 saturated carbocycles. The fraction of sp³-hybridized carbons (Fsp3) is 0.385. The number of ether oxygens (including phenoxy) is 1. The van der Waals surface area contributed by atoms with Gasteiger partial charge in [0.1, 0.15) is 5.82 Å². The summed E-state index contributed by atoms with van der Waals surface area (Å²) in [5, 5.41) is 0.332. The summed E-state index contributed by atoms with van der Waals surface area (Å²) in [5.41, 5.74) is 0.713. The summed E-state index contributed by atoms with van der Waals surface area (Å²) in [4.78, 5) is 20.0. The second-order valence-corrected chi connectivity index (χ2v) is 11.9. The van der Waals surface area contributed by atoms with Gasteiger partial charge in [-0.15, -0.1) is 0 Å². The van der Waals surface area contributed by atoms with Gasteiger partial charge in [0.2, 0.25) is 0 Å². The largest absolute Gasteiger partial charge is 0.378 e. The average molecular weight is 516 g/mol. The maximum absolute atomic E-state index is 13.3. The molecule has 9 heteroatoms. The predicted octanol–water partition coefficient (Wildman–Crippen LogP) is 5.05. The van der Waals surface area contributed by atoms with Crippen molar-refractivity contribution in [3.63, 3.8) is 0 Å². The number of sulfonamides is 1. The Hall–Kier alpha value is -2.68. The topological polar surface area (TPSA) is 88.6 Å². The molecule has 1 aliphatic heterocycles. The van der Waals surface area contributed by atoms with E-state index in [0.717, 1.165) is 18.9 Å². The van der Waals surface area contributed by atoms with Crippen molar-refractivity contribution in [1.82, 2.24) is 4.98 Å². The first-order chi connectivity index (χ1) is 16.5. The van der Waals surface area contributed by atoms with Gasteiger partial charge in [-0.05, 0) is 54.2 Å². The number of benzene rings is 1. The first kappa shape index (κ1) is 25.4. The zero-order valence-corrected chi connectivity index (χ0v) is 21.7. The number of ketones is 1. The SMILES string of the molecule is CC(C)(C)C1C=CC(S(=O)(=O)Nc2ccc(Cl)cc2C(=O)c2ccc(N3CCOCC3)nc2)=CC1. The van der Waals surface area contributed by atoms with Crippen LogP contribution in [0.15, 0.2) is 59.7 Å². The monoisotopic (exact) mass is 515 g/mol. The lowest BCUT2D eigenvalue weighted by molar-refractivity contribution is 0.103. The standard InChI is InChI=1S/C26H30ClN3O4S/c1-26(2,3)19-5-8-21(9-6-19)35(32,33)29-23-10-7-20(27)16-22(23)25(31)18-4-11-24(28-17-18)30-12-14-34-15-13-30/h4-5,7-11,16-17,19,29H,6,12-15H2,1-3H3. The molecule has 2 heterocycles. The molecule has 1 aromatic heterocycles. The van der Waals surface area contributed by atoms with E-state index in [2.05, 4.69) is 35.4 Å². The maximum Gasteiger partial charge on any atom is 0.261 e. The van der Waals surface area contributed by atoms with Crippen LogP contribution in [0.1, 0.15) is 43.1 Å². The molecule has 7 nitrogen and oxygen atoms in total. The zero-order valence-electron chi connectivity index (χ0n) is 20.1. The summed E-state index contributed by atoms with van der Waals surface area (Å²) in [6.45, 7) is 9.13. The van der Waals surface area contributed by atoms with E-state index in [1.165, 1.54) is 18.3 Å². The fourth-order valence-electron chi connectivity index (χ4n) is 4.09. The smallest absolute Gasteiger partial charge is 0.261 e. The van der Waals surface area contributed by atoms with Crippen molar-refractivity contribution in [2.75, 3.05) is 35.9 Å². The number of carbonyl (C=O) groups excluding carboxylic acids is 1. The molecule has 186 valence electrons. The van der Waals surface area contributed by atoms with Crippen LogP contribution in [-0.2, 0) is 14.8 Å². The van der Waals surface area contributed by atoms with E-state index >= 15 is 0 Å². The fourth-order valence-corrected chi connectivity index (χ4v) is 5.43. The quantitative estimate of drug-likeness (QED) is 0.541. The number of nitrogens with zero attached hydrogens (tertiary/aromatic N) is 2. The molecule has 1 N–H and O–H groups in total. The van der Waals surface area contributed by atoms with Crippen LogP contribution in [0, 0.1) is 11.3 Å². The number of anilines is 2. The highest BCUT2D eigenvalue weighted by Gasteiger charge is 2.27. The number of carbonyl (C=O) groups is 1. The molecule has 35 heavy (non-hydrogen) atoms. The number of hydrogen-bond donors (Lipinski definition) is 1. The Labute approximate surface area is 211 Å². The lowest BCUT2D eigenvalue weighted by Crippen LogP contribution is -2.36. The highest BCUT2D eigenvalue weighted by Crippen LogP contribution is 2.35. The minimum Gasteiger partial charge on any atom is -0.378 e. The number of nitrogens with one attached hydrogen (secondary N) is 1. The van der Waals surface area contributed by atoms with Gasteiger partial charge in [0.25, 0.3) is 10.0 Å². The maximum atomic E-state index is 13.3.